The maximum absolute atomic E-state index is 11.7. The van der Waals surface area contributed by atoms with E-state index in [0.29, 0.717) is 12.1 Å². The van der Waals surface area contributed by atoms with E-state index in [1.54, 1.807) is 19.1 Å². The first kappa shape index (κ1) is 16.3. The Morgan fingerprint density at radius 2 is 2.26 bits per heavy atom. The summed E-state index contributed by atoms with van der Waals surface area (Å²) in [5, 5.41) is 18.3. The fourth-order valence-corrected chi connectivity index (χ4v) is 2.10. The van der Waals surface area contributed by atoms with Crippen LogP contribution in [0.15, 0.2) is 34.5 Å². The van der Waals surface area contributed by atoms with Gasteiger partial charge in [-0.3, -0.25) is 19.7 Å². The fourth-order valence-electron chi connectivity index (χ4n) is 2.10. The number of carbonyl (C=O) groups is 2. The number of nitro benzene ring substituents is 1. The van der Waals surface area contributed by atoms with Crippen molar-refractivity contribution in [2.24, 2.45) is 16.1 Å². The molecule has 0 spiro atoms. The zero-order chi connectivity index (χ0) is 16.8. The minimum Gasteiger partial charge on any atom is -0.273 e. The number of nitrogens with zero attached hydrogens (tertiary/aromatic N) is 3. The van der Waals surface area contributed by atoms with Crippen LogP contribution >= 0.6 is 0 Å². The molecule has 23 heavy (non-hydrogen) atoms. The highest BCUT2D eigenvalue weighted by molar-refractivity contribution is 6.07. The van der Waals surface area contributed by atoms with Crippen LogP contribution < -0.4 is 10.9 Å². The second-order valence-corrected chi connectivity index (χ2v) is 4.93. The Morgan fingerprint density at radius 1 is 1.52 bits per heavy atom. The lowest BCUT2D eigenvalue weighted by atomic mass is 9.99. The number of hydrogen-bond acceptors (Lipinski definition) is 6. The van der Waals surface area contributed by atoms with Crippen molar-refractivity contribution in [2.45, 2.75) is 19.8 Å². The summed E-state index contributed by atoms with van der Waals surface area (Å²) >= 11 is 0. The molecule has 0 aromatic heterocycles. The first-order chi connectivity index (χ1) is 11.0. The number of hydrazone groups is 2. The predicted molar refractivity (Wildman–Crippen MR) is 82.8 cm³/mol. The van der Waals surface area contributed by atoms with Crippen molar-refractivity contribution >= 4 is 29.4 Å². The Labute approximate surface area is 131 Å². The number of hydrogen-bond donors (Lipinski definition) is 2. The molecule has 2 N–H and O–H groups in total. The van der Waals surface area contributed by atoms with Crippen LogP contribution in [0.5, 0.6) is 0 Å². The van der Waals surface area contributed by atoms with Crippen LogP contribution in [0.1, 0.15) is 25.3 Å². The van der Waals surface area contributed by atoms with E-state index in [4.69, 9.17) is 0 Å². The Bertz CT molecular complexity index is 698. The monoisotopic (exact) mass is 317 g/mol. The van der Waals surface area contributed by atoms with Gasteiger partial charge in [0.05, 0.1) is 22.6 Å². The van der Waals surface area contributed by atoms with Gasteiger partial charge in [-0.05, 0) is 19.4 Å². The lowest BCUT2D eigenvalue weighted by Gasteiger charge is -2.06. The minimum atomic E-state index is -0.524. The van der Waals surface area contributed by atoms with Crippen LogP contribution in [0.2, 0.25) is 0 Å². The Morgan fingerprint density at radius 3 is 2.91 bits per heavy atom. The minimum absolute atomic E-state index is 0.0964. The largest absolute Gasteiger partial charge is 0.278 e. The zero-order valence-electron chi connectivity index (χ0n) is 12.4. The Balaban J connectivity index is 1.86. The molecule has 0 fully saturated rings. The average molecular weight is 317 g/mol. The molecule has 2 amide bonds. The van der Waals surface area contributed by atoms with Crippen LogP contribution in [0.25, 0.3) is 0 Å². The highest BCUT2D eigenvalue weighted by Crippen LogP contribution is 2.15. The first-order valence-corrected chi connectivity index (χ1v) is 6.88. The molecule has 0 saturated carbocycles. The van der Waals surface area contributed by atoms with Crippen molar-refractivity contribution in [3.8, 4) is 0 Å². The van der Waals surface area contributed by atoms with Gasteiger partial charge in [0.1, 0.15) is 0 Å². The smallest absolute Gasteiger partial charge is 0.273 e. The predicted octanol–water partition coefficient (Wildman–Crippen LogP) is 0.947. The van der Waals surface area contributed by atoms with Crippen LogP contribution in [0, 0.1) is 16.0 Å². The third-order valence-corrected chi connectivity index (χ3v) is 3.35. The van der Waals surface area contributed by atoms with E-state index in [0.717, 1.165) is 0 Å². The summed E-state index contributed by atoms with van der Waals surface area (Å²) in [6.07, 6.45) is 1.64. The van der Waals surface area contributed by atoms with Crippen molar-refractivity contribution in [2.75, 3.05) is 0 Å². The van der Waals surface area contributed by atoms with Gasteiger partial charge in [-0.1, -0.05) is 12.1 Å². The number of benzene rings is 1. The lowest BCUT2D eigenvalue weighted by molar-refractivity contribution is -0.385. The van der Waals surface area contributed by atoms with Crippen LogP contribution in [-0.2, 0) is 9.59 Å². The third-order valence-electron chi connectivity index (χ3n) is 3.35. The second-order valence-electron chi connectivity index (χ2n) is 4.93. The summed E-state index contributed by atoms with van der Waals surface area (Å²) in [6, 6.07) is 6.06. The molecule has 1 atom stereocenters. The zero-order valence-corrected chi connectivity index (χ0v) is 12.4. The van der Waals surface area contributed by atoms with Crippen molar-refractivity contribution in [3.63, 3.8) is 0 Å². The first-order valence-electron chi connectivity index (χ1n) is 6.88. The molecule has 0 radical (unpaired) electrons. The van der Waals surface area contributed by atoms with E-state index in [1.165, 1.54) is 18.3 Å². The molecular formula is C14H15N5O4. The molecule has 1 aliphatic heterocycles. The van der Waals surface area contributed by atoms with Gasteiger partial charge in [-0.15, -0.1) is 0 Å². The SMILES string of the molecule is CC1=NNC(=O)[C@@H]1CCC(=O)N/N=C\c1ccccc1[N+](=O)[O-]. The topological polar surface area (TPSA) is 126 Å². The number of para-hydroxylation sites is 1. The molecule has 9 nitrogen and oxygen atoms in total. The number of rotatable bonds is 6. The Hall–Kier alpha value is -3.10. The number of carbonyl (C=O) groups excluding carboxylic acids is 2. The summed E-state index contributed by atoms with van der Waals surface area (Å²) in [5.41, 5.74) is 5.47. The van der Waals surface area contributed by atoms with Gasteiger partial charge in [0.2, 0.25) is 11.8 Å². The molecule has 0 aliphatic carbocycles. The maximum atomic E-state index is 11.7. The van der Waals surface area contributed by atoms with Gasteiger partial charge in [0.15, 0.2) is 0 Å². The van der Waals surface area contributed by atoms with E-state index in [9.17, 15) is 19.7 Å². The molecule has 0 saturated heterocycles. The van der Waals surface area contributed by atoms with Gasteiger partial charge >= 0.3 is 0 Å². The van der Waals surface area contributed by atoms with Crippen molar-refractivity contribution in [1.82, 2.24) is 10.9 Å². The fraction of sp³-hybridized carbons (Fsp3) is 0.286. The summed E-state index contributed by atoms with van der Waals surface area (Å²) in [6.45, 7) is 1.72. The van der Waals surface area contributed by atoms with Crippen LogP contribution in [0.3, 0.4) is 0 Å². The highest BCUT2D eigenvalue weighted by atomic mass is 16.6. The quantitative estimate of drug-likeness (QED) is 0.460. The van der Waals surface area contributed by atoms with Gasteiger partial charge in [0, 0.05) is 18.2 Å². The van der Waals surface area contributed by atoms with Crippen molar-refractivity contribution in [3.05, 3.63) is 39.9 Å². The van der Waals surface area contributed by atoms with E-state index >= 15 is 0 Å². The number of nitro groups is 1. The second kappa shape index (κ2) is 7.25. The van der Waals surface area contributed by atoms with Gasteiger partial charge in [-0.2, -0.15) is 10.2 Å². The summed E-state index contributed by atoms with van der Waals surface area (Å²) < 4.78 is 0. The highest BCUT2D eigenvalue weighted by Gasteiger charge is 2.26. The summed E-state index contributed by atoms with van der Waals surface area (Å²) in [5.74, 6) is -1.01. The average Bonchev–Trinajstić information content (AvgIpc) is 2.84. The van der Waals surface area contributed by atoms with E-state index < -0.39 is 10.8 Å². The van der Waals surface area contributed by atoms with Gasteiger partial charge in [0.25, 0.3) is 5.69 Å². The molecule has 2 rings (SSSR count). The summed E-state index contributed by atoms with van der Waals surface area (Å²) in [4.78, 5) is 33.5. The Kier molecular flexibility index (Phi) is 5.13. The molecular weight excluding hydrogens is 302 g/mol. The lowest BCUT2D eigenvalue weighted by Crippen LogP contribution is -2.25. The standard InChI is InChI=1S/C14H15N5O4/c1-9-11(14(21)18-16-9)6-7-13(20)17-15-8-10-4-2-3-5-12(10)19(22)23/h2-5,8,11H,6-7H2,1H3,(H,17,20)(H,18,21)/b15-8-/t11-/m1/s1. The van der Waals surface area contributed by atoms with Crippen molar-refractivity contribution in [1.29, 1.82) is 0 Å². The molecule has 9 heteroatoms. The molecule has 1 heterocycles. The molecule has 0 bridgehead atoms. The molecule has 0 unspecified atom stereocenters. The maximum Gasteiger partial charge on any atom is 0.278 e. The van der Waals surface area contributed by atoms with Crippen molar-refractivity contribution < 1.29 is 14.5 Å². The third kappa shape index (κ3) is 4.19. The van der Waals surface area contributed by atoms with Crippen LogP contribution in [-0.4, -0.2) is 28.7 Å². The molecule has 1 aromatic carbocycles. The number of amides is 2. The van der Waals surface area contributed by atoms with E-state index in [1.807, 2.05) is 0 Å². The number of nitrogens with one attached hydrogen (secondary N) is 2. The van der Waals surface area contributed by atoms with Gasteiger partial charge < -0.3 is 0 Å². The van der Waals surface area contributed by atoms with Gasteiger partial charge in [-0.25, -0.2) is 10.9 Å². The normalized spacial score (nSPS) is 17.0. The molecule has 1 aliphatic rings. The molecule has 1 aromatic rings. The van der Waals surface area contributed by atoms with E-state index in [2.05, 4.69) is 21.1 Å². The van der Waals surface area contributed by atoms with E-state index in [-0.39, 0.29) is 29.5 Å². The van der Waals surface area contributed by atoms with Crippen LogP contribution in [0.4, 0.5) is 5.69 Å². The molecule has 120 valence electrons. The summed E-state index contributed by atoms with van der Waals surface area (Å²) in [7, 11) is 0.